The van der Waals surface area contributed by atoms with Crippen molar-refractivity contribution in [3.05, 3.63) is 29.6 Å². The first kappa shape index (κ1) is 11.9. The van der Waals surface area contributed by atoms with Gasteiger partial charge in [0.2, 0.25) is 0 Å². The van der Waals surface area contributed by atoms with Crippen molar-refractivity contribution in [2.24, 2.45) is 5.92 Å². The second-order valence-electron chi connectivity index (χ2n) is 4.34. The number of thioether (sulfide) groups is 1. The number of hydrogen-bond donors (Lipinski definition) is 1. The van der Waals surface area contributed by atoms with Gasteiger partial charge in [-0.05, 0) is 30.9 Å². The van der Waals surface area contributed by atoms with Crippen molar-refractivity contribution in [3.63, 3.8) is 0 Å². The molecule has 2 rings (SSSR count). The molecule has 0 aliphatic heterocycles. The first-order chi connectivity index (χ1) is 7.81. The molecule has 88 valence electrons. The largest absolute Gasteiger partial charge is 0.392 e. The van der Waals surface area contributed by atoms with Gasteiger partial charge in [-0.1, -0.05) is 18.9 Å². The Morgan fingerprint density at radius 2 is 2.06 bits per heavy atom. The highest BCUT2D eigenvalue weighted by molar-refractivity contribution is 7.99. The summed E-state index contributed by atoms with van der Waals surface area (Å²) >= 11 is 1.68. The summed E-state index contributed by atoms with van der Waals surface area (Å²) in [5, 5.41) is 9.14. The molecule has 1 aliphatic rings. The normalized spacial score (nSPS) is 16.9. The van der Waals surface area contributed by atoms with Gasteiger partial charge < -0.3 is 5.11 Å². The van der Waals surface area contributed by atoms with E-state index in [0.717, 1.165) is 16.6 Å². The lowest BCUT2D eigenvalue weighted by molar-refractivity contribution is 0.272. The number of hydrogen-bond acceptors (Lipinski definition) is 2. The molecule has 1 saturated carbocycles. The third-order valence-corrected chi connectivity index (χ3v) is 4.51. The summed E-state index contributed by atoms with van der Waals surface area (Å²) in [6.45, 7) is -0.209. The lowest BCUT2D eigenvalue weighted by atomic mass is 10.1. The Morgan fingerprint density at radius 1 is 1.31 bits per heavy atom. The summed E-state index contributed by atoms with van der Waals surface area (Å²) in [4.78, 5) is 0.898. The molecule has 1 fully saturated rings. The van der Waals surface area contributed by atoms with E-state index in [1.165, 1.54) is 31.7 Å². The van der Waals surface area contributed by atoms with Gasteiger partial charge in [-0.25, -0.2) is 4.39 Å². The van der Waals surface area contributed by atoms with E-state index < -0.39 is 0 Å². The van der Waals surface area contributed by atoms with Crippen LogP contribution in [0.25, 0.3) is 0 Å². The fourth-order valence-electron chi connectivity index (χ4n) is 2.21. The van der Waals surface area contributed by atoms with Gasteiger partial charge in [0.05, 0.1) is 6.61 Å². The van der Waals surface area contributed by atoms with E-state index in [-0.39, 0.29) is 12.4 Å². The van der Waals surface area contributed by atoms with Crippen molar-refractivity contribution in [2.75, 3.05) is 5.75 Å². The monoisotopic (exact) mass is 240 g/mol. The van der Waals surface area contributed by atoms with Gasteiger partial charge in [0.15, 0.2) is 0 Å². The quantitative estimate of drug-likeness (QED) is 0.811. The molecular weight excluding hydrogens is 223 g/mol. The van der Waals surface area contributed by atoms with Gasteiger partial charge in [0, 0.05) is 16.2 Å². The summed E-state index contributed by atoms with van der Waals surface area (Å²) in [5.41, 5.74) is 0.450. The Kier molecular flexibility index (Phi) is 4.24. The predicted octanol–water partition coefficient (Wildman–Crippen LogP) is 3.60. The van der Waals surface area contributed by atoms with Crippen LogP contribution in [0.2, 0.25) is 0 Å². The van der Waals surface area contributed by atoms with Crippen LogP contribution >= 0.6 is 11.8 Å². The van der Waals surface area contributed by atoms with Crippen LogP contribution in [0, 0.1) is 11.7 Å². The zero-order valence-corrected chi connectivity index (χ0v) is 10.1. The zero-order chi connectivity index (χ0) is 11.4. The highest BCUT2D eigenvalue weighted by Crippen LogP contribution is 2.32. The maximum Gasteiger partial charge on any atom is 0.129 e. The van der Waals surface area contributed by atoms with Crippen molar-refractivity contribution in [3.8, 4) is 0 Å². The first-order valence-electron chi connectivity index (χ1n) is 5.82. The summed E-state index contributed by atoms with van der Waals surface area (Å²) < 4.78 is 13.4. The third kappa shape index (κ3) is 2.77. The van der Waals surface area contributed by atoms with Crippen LogP contribution in [-0.2, 0) is 6.61 Å². The Labute approximate surface area is 100 Å². The molecule has 1 N–H and O–H groups in total. The maximum atomic E-state index is 13.4. The van der Waals surface area contributed by atoms with E-state index in [0.29, 0.717) is 5.56 Å². The second-order valence-corrected chi connectivity index (χ2v) is 5.40. The van der Waals surface area contributed by atoms with Gasteiger partial charge in [-0.15, -0.1) is 11.8 Å². The van der Waals surface area contributed by atoms with Gasteiger partial charge in [0.1, 0.15) is 5.82 Å². The predicted molar refractivity (Wildman–Crippen MR) is 65.0 cm³/mol. The van der Waals surface area contributed by atoms with Gasteiger partial charge >= 0.3 is 0 Å². The minimum atomic E-state index is -0.293. The van der Waals surface area contributed by atoms with E-state index in [4.69, 9.17) is 5.11 Å². The molecule has 1 aromatic rings. The molecular formula is C13H17FOS. The Balaban J connectivity index is 2.00. The smallest absolute Gasteiger partial charge is 0.129 e. The van der Waals surface area contributed by atoms with Crippen LogP contribution in [0.3, 0.4) is 0 Å². The molecule has 3 heteroatoms. The fourth-order valence-corrected chi connectivity index (χ4v) is 3.47. The van der Waals surface area contributed by atoms with Crippen molar-refractivity contribution in [1.29, 1.82) is 0 Å². The SMILES string of the molecule is OCc1c(F)cccc1SCC1CCCC1. The lowest BCUT2D eigenvalue weighted by Crippen LogP contribution is -1.99. The van der Waals surface area contributed by atoms with Gasteiger partial charge in [-0.2, -0.15) is 0 Å². The Morgan fingerprint density at radius 3 is 2.75 bits per heavy atom. The van der Waals surface area contributed by atoms with Crippen molar-refractivity contribution in [1.82, 2.24) is 0 Å². The summed E-state index contributed by atoms with van der Waals surface area (Å²) in [6.07, 6.45) is 5.27. The lowest BCUT2D eigenvalue weighted by Gasteiger charge is -2.11. The number of aliphatic hydroxyl groups is 1. The van der Waals surface area contributed by atoms with Crippen molar-refractivity contribution < 1.29 is 9.50 Å². The molecule has 0 saturated heterocycles. The molecule has 1 aromatic carbocycles. The number of halogens is 1. The topological polar surface area (TPSA) is 20.2 Å². The summed E-state index contributed by atoms with van der Waals surface area (Å²) in [7, 11) is 0. The number of aliphatic hydroxyl groups excluding tert-OH is 1. The molecule has 0 amide bonds. The fraction of sp³-hybridized carbons (Fsp3) is 0.538. The van der Waals surface area contributed by atoms with Crippen molar-refractivity contribution >= 4 is 11.8 Å². The molecule has 1 nitrogen and oxygen atoms in total. The molecule has 0 radical (unpaired) electrons. The Hall–Kier alpha value is -0.540. The zero-order valence-electron chi connectivity index (χ0n) is 9.29. The average Bonchev–Trinajstić information content (AvgIpc) is 2.79. The molecule has 0 aromatic heterocycles. The third-order valence-electron chi connectivity index (χ3n) is 3.18. The second kappa shape index (κ2) is 5.69. The molecule has 16 heavy (non-hydrogen) atoms. The minimum absolute atomic E-state index is 0.209. The van der Waals surface area contributed by atoms with Crippen LogP contribution in [0.4, 0.5) is 4.39 Å². The van der Waals surface area contributed by atoms with Crippen LogP contribution in [0.5, 0.6) is 0 Å². The van der Waals surface area contributed by atoms with Crippen LogP contribution in [0.1, 0.15) is 31.2 Å². The summed E-state index contributed by atoms with van der Waals surface area (Å²) in [6, 6.07) is 5.02. The molecule has 0 spiro atoms. The summed E-state index contributed by atoms with van der Waals surface area (Å²) in [5.74, 6) is 1.54. The van der Waals surface area contributed by atoms with E-state index in [1.54, 1.807) is 17.8 Å². The van der Waals surface area contributed by atoms with Gasteiger partial charge in [-0.3, -0.25) is 0 Å². The molecule has 0 atom stereocenters. The molecule has 0 bridgehead atoms. The van der Waals surface area contributed by atoms with E-state index in [2.05, 4.69) is 0 Å². The molecule has 1 aliphatic carbocycles. The van der Waals surface area contributed by atoms with E-state index in [1.807, 2.05) is 6.07 Å². The van der Waals surface area contributed by atoms with E-state index >= 15 is 0 Å². The van der Waals surface area contributed by atoms with Crippen LogP contribution in [0.15, 0.2) is 23.1 Å². The molecule has 0 heterocycles. The van der Waals surface area contributed by atoms with Crippen LogP contribution in [-0.4, -0.2) is 10.9 Å². The number of benzene rings is 1. The average molecular weight is 240 g/mol. The van der Waals surface area contributed by atoms with Crippen LogP contribution < -0.4 is 0 Å². The first-order valence-corrected chi connectivity index (χ1v) is 6.81. The minimum Gasteiger partial charge on any atom is -0.392 e. The number of rotatable bonds is 4. The van der Waals surface area contributed by atoms with Crippen molar-refractivity contribution in [2.45, 2.75) is 37.2 Å². The highest BCUT2D eigenvalue weighted by Gasteiger charge is 2.16. The maximum absolute atomic E-state index is 13.4. The Bertz CT molecular complexity index is 348. The molecule has 0 unspecified atom stereocenters. The highest BCUT2D eigenvalue weighted by atomic mass is 32.2. The van der Waals surface area contributed by atoms with Gasteiger partial charge in [0.25, 0.3) is 0 Å². The van der Waals surface area contributed by atoms with E-state index in [9.17, 15) is 4.39 Å². The standard InChI is InChI=1S/C13H17FOS/c14-12-6-3-7-13(11(12)8-15)16-9-10-4-1-2-5-10/h3,6-7,10,15H,1-2,4-5,8-9H2.